The first kappa shape index (κ1) is 14.8. The Hall–Kier alpha value is -2.17. The molecule has 1 unspecified atom stereocenters. The van der Waals surface area contributed by atoms with Crippen molar-refractivity contribution in [1.82, 2.24) is 10.1 Å². The van der Waals surface area contributed by atoms with E-state index in [1.807, 2.05) is 25.1 Å². The zero-order valence-corrected chi connectivity index (χ0v) is 12.8. The number of rotatable bonds is 4. The fraction of sp³-hybridized carbons (Fsp3) is 0.176. The van der Waals surface area contributed by atoms with Gasteiger partial charge in [0, 0.05) is 29.9 Å². The lowest BCUT2D eigenvalue weighted by Crippen LogP contribution is -2.30. The number of hydrogen-bond donors (Lipinski definition) is 1. The van der Waals surface area contributed by atoms with Crippen LogP contribution in [0.15, 0.2) is 59.4 Å². The van der Waals surface area contributed by atoms with E-state index >= 15 is 0 Å². The number of halogens is 1. The lowest BCUT2D eigenvalue weighted by molar-refractivity contribution is 0.0731. The highest BCUT2D eigenvalue weighted by molar-refractivity contribution is 6.30. The SMILES string of the molecule is Cc1cc(CC(O)(c2ccncc2)c2ccc(Cl)cc2)on1. The molecular formula is C17H15ClN2O2. The van der Waals surface area contributed by atoms with Crippen molar-refractivity contribution in [3.63, 3.8) is 0 Å². The maximum Gasteiger partial charge on any atom is 0.140 e. The van der Waals surface area contributed by atoms with Crippen LogP contribution in [-0.4, -0.2) is 15.2 Å². The smallest absolute Gasteiger partial charge is 0.140 e. The summed E-state index contributed by atoms with van der Waals surface area (Å²) in [6, 6.07) is 12.5. The number of nitrogens with zero attached hydrogens (tertiary/aromatic N) is 2. The van der Waals surface area contributed by atoms with E-state index in [0.29, 0.717) is 10.8 Å². The zero-order valence-electron chi connectivity index (χ0n) is 12.0. The first-order valence-electron chi connectivity index (χ1n) is 6.89. The maximum absolute atomic E-state index is 11.3. The molecule has 1 atom stereocenters. The molecule has 5 heteroatoms. The first-order chi connectivity index (χ1) is 10.6. The van der Waals surface area contributed by atoms with Crippen LogP contribution in [0.3, 0.4) is 0 Å². The van der Waals surface area contributed by atoms with Gasteiger partial charge in [-0.05, 0) is 42.3 Å². The van der Waals surface area contributed by atoms with Gasteiger partial charge in [-0.15, -0.1) is 0 Å². The van der Waals surface area contributed by atoms with Gasteiger partial charge in [0.2, 0.25) is 0 Å². The van der Waals surface area contributed by atoms with Gasteiger partial charge in [0.15, 0.2) is 0 Å². The highest BCUT2D eigenvalue weighted by Crippen LogP contribution is 2.33. The van der Waals surface area contributed by atoms with Gasteiger partial charge in [0.05, 0.1) is 5.69 Å². The second-order valence-corrected chi connectivity index (χ2v) is 5.65. The van der Waals surface area contributed by atoms with Crippen LogP contribution in [0.5, 0.6) is 0 Å². The van der Waals surface area contributed by atoms with E-state index in [4.69, 9.17) is 16.1 Å². The van der Waals surface area contributed by atoms with E-state index in [2.05, 4.69) is 10.1 Å². The molecule has 0 fully saturated rings. The van der Waals surface area contributed by atoms with Crippen molar-refractivity contribution in [3.8, 4) is 0 Å². The van der Waals surface area contributed by atoms with Crippen molar-refractivity contribution < 1.29 is 9.63 Å². The third-order valence-electron chi connectivity index (χ3n) is 3.59. The van der Waals surface area contributed by atoms with E-state index in [9.17, 15) is 5.11 Å². The van der Waals surface area contributed by atoms with Gasteiger partial charge in [-0.25, -0.2) is 0 Å². The van der Waals surface area contributed by atoms with Crippen LogP contribution in [0, 0.1) is 6.92 Å². The number of benzene rings is 1. The molecule has 0 radical (unpaired) electrons. The van der Waals surface area contributed by atoms with Crippen LogP contribution >= 0.6 is 11.6 Å². The Bertz CT molecular complexity index is 756. The summed E-state index contributed by atoms with van der Waals surface area (Å²) >= 11 is 5.95. The molecule has 1 aromatic carbocycles. The highest BCUT2D eigenvalue weighted by Gasteiger charge is 2.33. The lowest BCUT2D eigenvalue weighted by Gasteiger charge is -2.28. The van der Waals surface area contributed by atoms with E-state index in [-0.39, 0.29) is 6.42 Å². The second kappa shape index (κ2) is 5.91. The molecule has 3 aromatic rings. The van der Waals surface area contributed by atoms with Crippen LogP contribution in [0.2, 0.25) is 5.02 Å². The van der Waals surface area contributed by atoms with Crippen LogP contribution in [-0.2, 0) is 12.0 Å². The Labute approximate surface area is 133 Å². The number of aliphatic hydroxyl groups is 1. The third kappa shape index (κ3) is 2.89. The summed E-state index contributed by atoms with van der Waals surface area (Å²) in [6.07, 6.45) is 3.59. The van der Waals surface area contributed by atoms with Gasteiger partial charge in [-0.3, -0.25) is 4.98 Å². The minimum Gasteiger partial charge on any atom is -0.380 e. The molecular weight excluding hydrogens is 300 g/mol. The number of hydrogen-bond acceptors (Lipinski definition) is 4. The third-order valence-corrected chi connectivity index (χ3v) is 3.84. The lowest BCUT2D eigenvalue weighted by atomic mass is 9.83. The molecule has 0 aliphatic rings. The van der Waals surface area contributed by atoms with Crippen molar-refractivity contribution in [2.45, 2.75) is 18.9 Å². The Kier molecular flexibility index (Phi) is 3.96. The molecule has 2 heterocycles. The number of aromatic nitrogens is 2. The quantitative estimate of drug-likeness (QED) is 0.800. The van der Waals surface area contributed by atoms with Gasteiger partial charge in [-0.1, -0.05) is 28.9 Å². The molecule has 0 aliphatic heterocycles. The highest BCUT2D eigenvalue weighted by atomic mass is 35.5. The first-order valence-corrected chi connectivity index (χ1v) is 7.27. The molecule has 1 N–H and O–H groups in total. The molecule has 0 bridgehead atoms. The molecule has 0 amide bonds. The summed E-state index contributed by atoms with van der Waals surface area (Å²) in [4.78, 5) is 4.01. The van der Waals surface area contributed by atoms with Crippen molar-refractivity contribution in [2.24, 2.45) is 0 Å². The topological polar surface area (TPSA) is 59.2 Å². The van der Waals surface area contributed by atoms with Gasteiger partial charge in [0.25, 0.3) is 0 Å². The molecule has 0 saturated carbocycles. The number of aryl methyl sites for hydroxylation is 1. The van der Waals surface area contributed by atoms with E-state index in [0.717, 1.165) is 16.8 Å². The van der Waals surface area contributed by atoms with Crippen LogP contribution in [0.4, 0.5) is 0 Å². The van der Waals surface area contributed by atoms with Crippen molar-refractivity contribution in [2.75, 3.05) is 0 Å². The Morgan fingerprint density at radius 2 is 1.73 bits per heavy atom. The Morgan fingerprint density at radius 1 is 1.09 bits per heavy atom. The standard InChI is InChI=1S/C17H15ClN2O2/c1-12-10-16(22-20-12)11-17(21,14-6-8-19-9-7-14)13-2-4-15(18)5-3-13/h2-10,21H,11H2,1H3. The van der Waals surface area contributed by atoms with Crippen molar-refractivity contribution in [3.05, 3.63) is 82.5 Å². The maximum atomic E-state index is 11.3. The fourth-order valence-corrected chi connectivity index (χ4v) is 2.60. The molecule has 3 rings (SSSR count). The van der Waals surface area contributed by atoms with E-state index in [1.54, 1.807) is 36.7 Å². The Balaban J connectivity index is 2.07. The molecule has 4 nitrogen and oxygen atoms in total. The van der Waals surface area contributed by atoms with Gasteiger partial charge in [0.1, 0.15) is 11.4 Å². The van der Waals surface area contributed by atoms with Crippen LogP contribution < -0.4 is 0 Å². The zero-order chi connectivity index (χ0) is 15.6. The summed E-state index contributed by atoms with van der Waals surface area (Å²) < 4.78 is 5.27. The molecule has 0 spiro atoms. The largest absolute Gasteiger partial charge is 0.380 e. The van der Waals surface area contributed by atoms with Gasteiger partial charge in [-0.2, -0.15) is 0 Å². The molecule has 112 valence electrons. The summed E-state index contributed by atoms with van der Waals surface area (Å²) in [5.41, 5.74) is 1.01. The predicted octanol–water partition coefficient (Wildman–Crippen LogP) is 3.51. The molecule has 0 aliphatic carbocycles. The number of pyridine rings is 1. The predicted molar refractivity (Wildman–Crippen MR) is 83.6 cm³/mol. The Morgan fingerprint density at radius 3 is 2.32 bits per heavy atom. The van der Waals surface area contributed by atoms with Crippen LogP contribution in [0.25, 0.3) is 0 Å². The summed E-state index contributed by atoms with van der Waals surface area (Å²) in [5.74, 6) is 0.617. The molecule has 22 heavy (non-hydrogen) atoms. The average Bonchev–Trinajstić information content (AvgIpc) is 2.93. The minimum atomic E-state index is -1.24. The average molecular weight is 315 g/mol. The summed E-state index contributed by atoms with van der Waals surface area (Å²) in [7, 11) is 0. The summed E-state index contributed by atoms with van der Waals surface area (Å²) in [5, 5.41) is 15.9. The van der Waals surface area contributed by atoms with Gasteiger partial charge < -0.3 is 9.63 Å². The van der Waals surface area contributed by atoms with E-state index in [1.165, 1.54) is 0 Å². The molecule has 2 aromatic heterocycles. The second-order valence-electron chi connectivity index (χ2n) is 5.21. The van der Waals surface area contributed by atoms with Crippen molar-refractivity contribution in [1.29, 1.82) is 0 Å². The van der Waals surface area contributed by atoms with Crippen LogP contribution in [0.1, 0.15) is 22.6 Å². The fourth-order valence-electron chi connectivity index (χ4n) is 2.48. The normalized spacial score (nSPS) is 13.8. The minimum absolute atomic E-state index is 0.277. The van der Waals surface area contributed by atoms with Gasteiger partial charge >= 0.3 is 0 Å². The monoisotopic (exact) mass is 314 g/mol. The van der Waals surface area contributed by atoms with E-state index < -0.39 is 5.60 Å². The molecule has 0 saturated heterocycles. The van der Waals surface area contributed by atoms with Crippen molar-refractivity contribution >= 4 is 11.6 Å². The summed E-state index contributed by atoms with van der Waals surface area (Å²) in [6.45, 7) is 1.85.